The highest BCUT2D eigenvalue weighted by Gasteiger charge is 2.39. The van der Waals surface area contributed by atoms with Gasteiger partial charge in [0.1, 0.15) is 11.8 Å². The number of carbonyl (C=O) groups excluding carboxylic acids is 1. The summed E-state index contributed by atoms with van der Waals surface area (Å²) in [6.45, 7) is 5.17. The average molecular weight is 583 g/mol. The molecule has 1 heterocycles. The number of benzene rings is 4. The standard InChI is InChI=1S/C36H41NO6/c1-2-19-42-33-23-37(36(38)39)24-34(43-26-28-13-14-29-11-6-7-12-31(29)22-28)35(33)30-15-17-32(18-16-30)41-21-8-20-40-25-27-9-4-3-5-10-27/h3-7,9-18,22,33-35H,2,8,19-21,23-26H2,1H3,(H,38,39)/p-1. The number of hydrogen-bond acceptors (Lipinski definition) is 6. The van der Waals surface area contributed by atoms with Crippen LogP contribution in [0.15, 0.2) is 97.1 Å². The van der Waals surface area contributed by atoms with E-state index < -0.39 is 12.2 Å². The first-order valence-corrected chi connectivity index (χ1v) is 15.1. The lowest BCUT2D eigenvalue weighted by molar-refractivity contribution is -0.271. The normalized spacial score (nSPS) is 18.5. The van der Waals surface area contributed by atoms with Crippen molar-refractivity contribution in [1.29, 1.82) is 0 Å². The zero-order valence-corrected chi connectivity index (χ0v) is 24.7. The van der Waals surface area contributed by atoms with Crippen molar-refractivity contribution in [3.8, 4) is 5.75 Å². The van der Waals surface area contributed by atoms with E-state index in [-0.39, 0.29) is 25.1 Å². The molecule has 1 amide bonds. The van der Waals surface area contributed by atoms with Crippen LogP contribution in [0.3, 0.4) is 0 Å². The lowest BCUT2D eigenvalue weighted by Crippen LogP contribution is -2.57. The van der Waals surface area contributed by atoms with Gasteiger partial charge in [0, 0.05) is 32.0 Å². The molecule has 7 nitrogen and oxygen atoms in total. The van der Waals surface area contributed by atoms with Crippen LogP contribution in [0.1, 0.15) is 42.4 Å². The Labute approximate surface area is 254 Å². The van der Waals surface area contributed by atoms with Crippen molar-refractivity contribution in [3.05, 3.63) is 114 Å². The van der Waals surface area contributed by atoms with Crippen LogP contribution < -0.4 is 9.84 Å². The first-order valence-electron chi connectivity index (χ1n) is 15.1. The van der Waals surface area contributed by atoms with Gasteiger partial charge in [-0.2, -0.15) is 0 Å². The third kappa shape index (κ3) is 8.57. The highest BCUT2D eigenvalue weighted by Crippen LogP contribution is 2.34. The topological polar surface area (TPSA) is 80.3 Å². The van der Waals surface area contributed by atoms with Crippen molar-refractivity contribution < 1.29 is 28.8 Å². The second-order valence-electron chi connectivity index (χ2n) is 10.9. The number of nitrogens with zero attached hydrogens (tertiary/aromatic N) is 1. The number of likely N-dealkylation sites (tertiary alicyclic amines) is 1. The smallest absolute Gasteiger partial charge is 0.137 e. The lowest BCUT2D eigenvalue weighted by Gasteiger charge is -2.44. The van der Waals surface area contributed by atoms with E-state index in [9.17, 15) is 9.90 Å². The SMILES string of the molecule is CCCOC1CN(C(=O)[O-])CC(OCc2ccc3ccccc3c2)C1c1ccc(OCCCOCc2ccccc2)cc1. The van der Waals surface area contributed by atoms with Crippen LogP contribution >= 0.6 is 0 Å². The van der Waals surface area contributed by atoms with E-state index in [1.165, 1.54) is 10.3 Å². The summed E-state index contributed by atoms with van der Waals surface area (Å²) in [7, 11) is 0. The Morgan fingerprint density at radius 3 is 2.23 bits per heavy atom. The Hall–Kier alpha value is -3.91. The Balaban J connectivity index is 1.23. The fourth-order valence-electron chi connectivity index (χ4n) is 5.57. The minimum atomic E-state index is -1.21. The van der Waals surface area contributed by atoms with Crippen LogP contribution in [0.5, 0.6) is 5.75 Å². The molecule has 3 atom stereocenters. The average Bonchev–Trinajstić information content (AvgIpc) is 3.04. The van der Waals surface area contributed by atoms with Crippen molar-refractivity contribution in [3.63, 3.8) is 0 Å². The van der Waals surface area contributed by atoms with Gasteiger partial charge in [0.15, 0.2) is 0 Å². The van der Waals surface area contributed by atoms with Crippen LogP contribution in [0.25, 0.3) is 10.8 Å². The molecule has 0 saturated carbocycles. The van der Waals surface area contributed by atoms with E-state index in [4.69, 9.17) is 18.9 Å². The summed E-state index contributed by atoms with van der Waals surface area (Å²) >= 11 is 0. The third-order valence-electron chi connectivity index (χ3n) is 7.75. The largest absolute Gasteiger partial charge is 0.530 e. The molecule has 1 saturated heterocycles. The molecule has 4 aromatic rings. The molecule has 0 N–H and O–H groups in total. The van der Waals surface area contributed by atoms with Crippen LogP contribution in [0.4, 0.5) is 4.79 Å². The summed E-state index contributed by atoms with van der Waals surface area (Å²) in [6.07, 6.45) is -0.359. The minimum Gasteiger partial charge on any atom is -0.530 e. The second kappa shape index (κ2) is 15.5. The van der Waals surface area contributed by atoms with E-state index in [1.807, 2.05) is 61.5 Å². The van der Waals surface area contributed by atoms with Crippen molar-refractivity contribution in [2.24, 2.45) is 0 Å². The van der Waals surface area contributed by atoms with E-state index >= 15 is 0 Å². The lowest BCUT2D eigenvalue weighted by atomic mass is 9.84. The van der Waals surface area contributed by atoms with Gasteiger partial charge >= 0.3 is 0 Å². The van der Waals surface area contributed by atoms with Gasteiger partial charge in [0.25, 0.3) is 0 Å². The number of rotatable bonds is 14. The van der Waals surface area contributed by atoms with Crippen LogP contribution in [0.2, 0.25) is 0 Å². The zero-order chi connectivity index (χ0) is 29.9. The molecule has 43 heavy (non-hydrogen) atoms. The molecule has 1 aliphatic rings. The third-order valence-corrected chi connectivity index (χ3v) is 7.75. The van der Waals surface area contributed by atoms with Gasteiger partial charge in [-0.05, 0) is 52.1 Å². The number of fused-ring (bicyclic) bond motifs is 1. The van der Waals surface area contributed by atoms with Gasteiger partial charge in [0.05, 0.1) is 38.6 Å². The van der Waals surface area contributed by atoms with E-state index in [2.05, 4.69) is 42.5 Å². The maximum atomic E-state index is 11.9. The molecule has 0 spiro atoms. The summed E-state index contributed by atoms with van der Waals surface area (Å²) < 4.78 is 24.4. The zero-order valence-electron chi connectivity index (χ0n) is 24.7. The monoisotopic (exact) mass is 582 g/mol. The molecular weight excluding hydrogens is 542 g/mol. The van der Waals surface area contributed by atoms with Crippen LogP contribution in [-0.4, -0.2) is 56.1 Å². The van der Waals surface area contributed by atoms with Gasteiger partial charge in [-0.1, -0.05) is 85.8 Å². The first-order chi connectivity index (χ1) is 21.1. The number of ether oxygens (including phenoxy) is 4. The Morgan fingerprint density at radius 2 is 1.49 bits per heavy atom. The molecule has 0 bridgehead atoms. The molecule has 7 heteroatoms. The quantitative estimate of drug-likeness (QED) is 0.171. The molecular formula is C36H40NO6-. The highest BCUT2D eigenvalue weighted by atomic mass is 16.5. The molecule has 1 aliphatic heterocycles. The molecule has 0 radical (unpaired) electrons. The Bertz CT molecular complexity index is 1430. The molecule has 226 valence electrons. The van der Waals surface area contributed by atoms with Crippen LogP contribution in [-0.2, 0) is 27.4 Å². The Morgan fingerprint density at radius 1 is 0.767 bits per heavy atom. The van der Waals surface area contributed by atoms with Gasteiger partial charge in [0.2, 0.25) is 0 Å². The highest BCUT2D eigenvalue weighted by molar-refractivity contribution is 5.82. The minimum absolute atomic E-state index is 0.150. The predicted molar refractivity (Wildman–Crippen MR) is 165 cm³/mol. The van der Waals surface area contributed by atoms with Gasteiger partial charge in [-0.25, -0.2) is 0 Å². The van der Waals surface area contributed by atoms with Crippen LogP contribution in [0, 0.1) is 0 Å². The summed E-state index contributed by atoms with van der Waals surface area (Å²) in [4.78, 5) is 13.2. The van der Waals surface area contributed by atoms with E-state index in [0.717, 1.165) is 40.7 Å². The van der Waals surface area contributed by atoms with E-state index in [1.54, 1.807) is 0 Å². The first kappa shape index (κ1) is 30.5. The van der Waals surface area contributed by atoms with Gasteiger partial charge < -0.3 is 33.7 Å². The second-order valence-corrected chi connectivity index (χ2v) is 10.9. The molecule has 0 aliphatic carbocycles. The molecule has 0 aromatic heterocycles. The predicted octanol–water partition coefficient (Wildman–Crippen LogP) is 5.95. The number of amides is 1. The number of carbonyl (C=O) groups is 1. The number of piperidine rings is 1. The molecule has 1 fully saturated rings. The van der Waals surface area contributed by atoms with Crippen molar-refractivity contribution >= 4 is 16.9 Å². The van der Waals surface area contributed by atoms with Crippen molar-refractivity contribution in [1.82, 2.24) is 4.90 Å². The maximum Gasteiger partial charge on any atom is 0.137 e. The molecule has 3 unspecified atom stereocenters. The van der Waals surface area contributed by atoms with Gasteiger partial charge in [-0.3, -0.25) is 0 Å². The summed E-state index contributed by atoms with van der Waals surface area (Å²) in [5.41, 5.74) is 3.22. The number of hydrogen-bond donors (Lipinski definition) is 0. The van der Waals surface area contributed by atoms with Crippen molar-refractivity contribution in [2.75, 3.05) is 32.9 Å². The molecule has 4 aromatic carbocycles. The maximum absolute atomic E-state index is 11.9. The summed E-state index contributed by atoms with van der Waals surface area (Å²) in [6, 6.07) is 32.6. The molecule has 5 rings (SSSR count). The number of carboxylic acid groups (broad SMARTS) is 1. The fourth-order valence-corrected chi connectivity index (χ4v) is 5.57. The summed E-state index contributed by atoms with van der Waals surface area (Å²) in [5, 5.41) is 14.3. The fraction of sp³-hybridized carbons (Fsp3) is 0.361. The Kier molecular flexibility index (Phi) is 11.0. The summed E-state index contributed by atoms with van der Waals surface area (Å²) in [5.74, 6) is 0.627. The van der Waals surface area contributed by atoms with E-state index in [0.29, 0.717) is 33.0 Å². The van der Waals surface area contributed by atoms with Crippen molar-refractivity contribution in [2.45, 2.75) is 51.1 Å². The van der Waals surface area contributed by atoms with Gasteiger partial charge in [-0.15, -0.1) is 0 Å².